The minimum Gasteiger partial charge on any atom is -0.480 e. The van der Waals surface area contributed by atoms with Crippen LogP contribution in [0.4, 0.5) is 0 Å². The van der Waals surface area contributed by atoms with Gasteiger partial charge >= 0.3 is 5.97 Å². The van der Waals surface area contributed by atoms with Crippen molar-refractivity contribution in [1.82, 2.24) is 0 Å². The number of nitrogens with two attached hydrogens (primary N) is 1. The summed E-state index contributed by atoms with van der Waals surface area (Å²) in [4.78, 5) is 19.8. The van der Waals surface area contributed by atoms with Crippen molar-refractivity contribution in [3.63, 3.8) is 0 Å². The van der Waals surface area contributed by atoms with Gasteiger partial charge in [-0.2, -0.15) is 0 Å². The number of carboxylic acids is 1. The lowest BCUT2D eigenvalue weighted by Gasteiger charge is -2.02. The molecular weight excluding hydrogens is 138 g/mol. The molecule has 0 fully saturated rings. The molecule has 10 heavy (non-hydrogen) atoms. The average Bonchev–Trinajstić information content (AvgIpc) is 1.90. The van der Waals surface area contributed by atoms with E-state index in [0.29, 0.717) is 0 Å². The van der Waals surface area contributed by atoms with Crippen molar-refractivity contribution in [2.24, 2.45) is 5.73 Å². The lowest BCUT2D eigenvalue weighted by molar-refractivity contribution is -0.137. The molecule has 0 bridgehead atoms. The van der Waals surface area contributed by atoms with Crippen molar-refractivity contribution >= 4 is 11.9 Å². The van der Waals surface area contributed by atoms with Crippen LogP contribution in [0.3, 0.4) is 0 Å². The minimum atomic E-state index is -1.44. The van der Waals surface area contributed by atoms with E-state index in [2.05, 4.69) is 0 Å². The van der Waals surface area contributed by atoms with Crippen molar-refractivity contribution < 1.29 is 19.8 Å². The van der Waals surface area contributed by atoms with E-state index in [0.717, 1.165) is 0 Å². The largest absolute Gasteiger partial charge is 0.480 e. The van der Waals surface area contributed by atoms with Gasteiger partial charge in [0.15, 0.2) is 0 Å². The second-order valence-corrected chi connectivity index (χ2v) is 1.60. The number of rotatable bonds is 3. The Morgan fingerprint density at radius 1 is 1.70 bits per heavy atom. The summed E-state index contributed by atoms with van der Waals surface area (Å²) < 4.78 is 0. The van der Waals surface area contributed by atoms with E-state index >= 15 is 0 Å². The Bertz CT molecular complexity index is 182. The maximum absolute atomic E-state index is 10.0. The number of carboxylic acid groups (broad SMARTS) is 1. The fourth-order valence-electron chi connectivity index (χ4n) is 0.343. The molecule has 4 N–H and O–H groups in total. The second kappa shape index (κ2) is 3.79. The fraction of sp³-hybridized carbons (Fsp3) is 0.400. The first kappa shape index (κ1) is 8.84. The third-order valence-corrected chi connectivity index (χ3v) is 0.943. The summed E-state index contributed by atoms with van der Waals surface area (Å²) in [6.07, 6.45) is 0. The highest BCUT2D eigenvalue weighted by molar-refractivity contribution is 5.80. The van der Waals surface area contributed by atoms with Gasteiger partial charge in [-0.1, -0.05) is 0 Å². The molecule has 0 aromatic rings. The van der Waals surface area contributed by atoms with Gasteiger partial charge in [0, 0.05) is 0 Å². The molecule has 0 saturated heterocycles. The van der Waals surface area contributed by atoms with Gasteiger partial charge in [-0.05, 0) is 0 Å². The van der Waals surface area contributed by atoms with E-state index in [1.807, 2.05) is 0 Å². The Balaban J connectivity index is 4.32. The monoisotopic (exact) mass is 145 g/mol. The highest BCUT2D eigenvalue weighted by Crippen LogP contribution is 1.92. The highest BCUT2D eigenvalue weighted by atomic mass is 16.4. The molecule has 0 radical (unpaired) electrons. The van der Waals surface area contributed by atoms with Crippen molar-refractivity contribution in [2.75, 3.05) is 6.61 Å². The quantitative estimate of drug-likeness (QED) is 0.404. The van der Waals surface area contributed by atoms with Crippen molar-refractivity contribution in [3.05, 3.63) is 5.57 Å². The van der Waals surface area contributed by atoms with Gasteiger partial charge in [-0.25, -0.2) is 4.79 Å². The van der Waals surface area contributed by atoms with E-state index in [-0.39, 0.29) is 5.57 Å². The number of aliphatic hydroxyl groups is 1. The molecule has 0 aliphatic heterocycles. The SMILES string of the molecule is NC(C(=O)O)C(=C=O)CO. The molecule has 0 saturated carbocycles. The molecule has 5 nitrogen and oxygen atoms in total. The molecule has 0 aliphatic rings. The van der Waals surface area contributed by atoms with Crippen LogP contribution >= 0.6 is 0 Å². The van der Waals surface area contributed by atoms with E-state index < -0.39 is 18.6 Å². The van der Waals surface area contributed by atoms with E-state index in [4.69, 9.17) is 15.9 Å². The molecule has 0 aliphatic carbocycles. The average molecular weight is 145 g/mol. The summed E-state index contributed by atoms with van der Waals surface area (Å²) in [5, 5.41) is 16.5. The molecule has 0 aromatic carbocycles. The van der Waals surface area contributed by atoms with Gasteiger partial charge in [-0.15, -0.1) is 0 Å². The Labute approximate surface area is 56.8 Å². The van der Waals surface area contributed by atoms with Crippen LogP contribution in [0, 0.1) is 0 Å². The zero-order chi connectivity index (χ0) is 8.15. The fourth-order valence-corrected chi connectivity index (χ4v) is 0.343. The minimum absolute atomic E-state index is 0.354. The van der Waals surface area contributed by atoms with Crippen molar-refractivity contribution in [1.29, 1.82) is 0 Å². The van der Waals surface area contributed by atoms with Crippen LogP contribution in [-0.4, -0.2) is 34.8 Å². The first-order chi connectivity index (χ1) is 4.63. The number of carbonyl (C=O) groups is 1. The van der Waals surface area contributed by atoms with Crippen LogP contribution < -0.4 is 5.73 Å². The van der Waals surface area contributed by atoms with Crippen LogP contribution in [0.15, 0.2) is 5.57 Å². The maximum atomic E-state index is 10.0. The van der Waals surface area contributed by atoms with Gasteiger partial charge in [0.05, 0.1) is 12.2 Å². The zero-order valence-corrected chi connectivity index (χ0v) is 5.07. The van der Waals surface area contributed by atoms with Crippen LogP contribution in [-0.2, 0) is 9.59 Å². The lowest BCUT2D eigenvalue weighted by Crippen LogP contribution is -2.33. The van der Waals surface area contributed by atoms with Crippen molar-refractivity contribution in [3.8, 4) is 0 Å². The first-order valence-corrected chi connectivity index (χ1v) is 2.46. The highest BCUT2D eigenvalue weighted by Gasteiger charge is 2.16. The number of aliphatic carboxylic acids is 1. The Morgan fingerprint density at radius 2 is 2.20 bits per heavy atom. The van der Waals surface area contributed by atoms with Gasteiger partial charge in [-0.3, -0.25) is 4.79 Å². The van der Waals surface area contributed by atoms with E-state index in [1.165, 1.54) is 5.94 Å². The molecule has 0 rings (SSSR count). The summed E-state index contributed by atoms with van der Waals surface area (Å²) >= 11 is 0. The molecule has 1 unspecified atom stereocenters. The standard InChI is InChI=1S/C5H7NO4/c6-4(5(9)10)3(1-7)2-8/h4,7H,1,6H2,(H,9,10). The number of hydrogen-bond acceptors (Lipinski definition) is 4. The lowest BCUT2D eigenvalue weighted by atomic mass is 10.1. The molecule has 0 heterocycles. The third kappa shape index (κ3) is 1.99. The van der Waals surface area contributed by atoms with Gasteiger partial charge < -0.3 is 15.9 Å². The van der Waals surface area contributed by atoms with Crippen LogP contribution in [0.1, 0.15) is 0 Å². The summed E-state index contributed by atoms with van der Waals surface area (Å²) in [6.45, 7) is -0.670. The molecule has 0 spiro atoms. The van der Waals surface area contributed by atoms with E-state index in [1.54, 1.807) is 0 Å². The van der Waals surface area contributed by atoms with Gasteiger partial charge in [0.25, 0.3) is 0 Å². The Morgan fingerprint density at radius 3 is 2.30 bits per heavy atom. The summed E-state index contributed by atoms with van der Waals surface area (Å²) in [6, 6.07) is -1.44. The van der Waals surface area contributed by atoms with Gasteiger partial charge in [0.1, 0.15) is 12.0 Å². The topological polar surface area (TPSA) is 101 Å². The van der Waals surface area contributed by atoms with Gasteiger partial charge in [0.2, 0.25) is 0 Å². The molecule has 0 amide bonds. The summed E-state index contributed by atoms with van der Waals surface area (Å²) in [7, 11) is 0. The molecule has 0 aromatic heterocycles. The predicted molar refractivity (Wildman–Crippen MR) is 31.9 cm³/mol. The first-order valence-electron chi connectivity index (χ1n) is 2.46. The summed E-state index contributed by atoms with van der Waals surface area (Å²) in [5.41, 5.74) is 4.57. The number of aliphatic hydroxyl groups excluding tert-OH is 1. The predicted octanol–water partition coefficient (Wildman–Crippen LogP) is -1.85. The Hall–Kier alpha value is -1.16. The normalized spacial score (nSPS) is 11.8. The van der Waals surface area contributed by atoms with Crippen LogP contribution in [0.2, 0.25) is 0 Å². The third-order valence-electron chi connectivity index (χ3n) is 0.943. The van der Waals surface area contributed by atoms with Crippen LogP contribution in [0.25, 0.3) is 0 Å². The molecule has 1 atom stereocenters. The smallest absolute Gasteiger partial charge is 0.325 e. The number of carbonyl (C=O) groups excluding carboxylic acids is 1. The Kier molecular flexibility index (Phi) is 3.35. The molecule has 5 heteroatoms. The molecular formula is C5H7NO4. The zero-order valence-electron chi connectivity index (χ0n) is 5.07. The molecule has 56 valence electrons. The second-order valence-electron chi connectivity index (χ2n) is 1.60. The summed E-state index contributed by atoms with van der Waals surface area (Å²) in [5.74, 6) is -0.111. The maximum Gasteiger partial charge on any atom is 0.325 e. The van der Waals surface area contributed by atoms with E-state index in [9.17, 15) is 9.59 Å². The van der Waals surface area contributed by atoms with Crippen molar-refractivity contribution in [2.45, 2.75) is 6.04 Å². The number of hydrogen-bond donors (Lipinski definition) is 3. The van der Waals surface area contributed by atoms with Crippen LogP contribution in [0.5, 0.6) is 0 Å².